The number of aryl methyl sites for hydroxylation is 3. The van der Waals surface area contributed by atoms with Crippen LogP contribution in [-0.4, -0.2) is 22.6 Å². The van der Waals surface area contributed by atoms with Crippen LogP contribution in [0.5, 0.6) is 17.4 Å². The zero-order valence-corrected chi connectivity index (χ0v) is 17.7. The molecule has 156 valence electrons. The number of hydrogen-bond donors (Lipinski definition) is 2. The van der Waals surface area contributed by atoms with Crippen LogP contribution < -0.4 is 20.1 Å². The highest BCUT2D eigenvalue weighted by Crippen LogP contribution is 2.26. The van der Waals surface area contributed by atoms with Crippen molar-refractivity contribution in [3.63, 3.8) is 0 Å². The van der Waals surface area contributed by atoms with Gasteiger partial charge in [-0.15, -0.1) is 0 Å². The van der Waals surface area contributed by atoms with Gasteiger partial charge in [-0.25, -0.2) is 9.78 Å². The van der Waals surface area contributed by atoms with Crippen molar-refractivity contribution in [1.82, 2.24) is 15.3 Å². The third-order valence-corrected chi connectivity index (χ3v) is 4.31. The summed E-state index contributed by atoms with van der Waals surface area (Å²) in [5.74, 6) is 1.91. The van der Waals surface area contributed by atoms with Crippen molar-refractivity contribution in [2.45, 2.75) is 34.2 Å². The number of anilines is 1. The largest absolute Gasteiger partial charge is 0.476 e. The standard InChI is InChI=1S/C23H26N4O3/c1-5-29-22-20(10-15(2)13-25-22)27-23(28)26-14-18-6-7-21(16(3)11-18)30-19-8-9-24-17(4)12-19/h6-13H,5,14H2,1-4H3,(H2,26,27,28). The summed E-state index contributed by atoms with van der Waals surface area (Å²) >= 11 is 0. The second-order valence-corrected chi connectivity index (χ2v) is 6.94. The summed E-state index contributed by atoms with van der Waals surface area (Å²) in [6.07, 6.45) is 3.42. The minimum atomic E-state index is -0.325. The maximum atomic E-state index is 12.3. The molecule has 0 aliphatic carbocycles. The Morgan fingerprint density at radius 1 is 1.07 bits per heavy atom. The first kappa shape index (κ1) is 21.1. The van der Waals surface area contributed by atoms with E-state index >= 15 is 0 Å². The van der Waals surface area contributed by atoms with Gasteiger partial charge in [0.25, 0.3) is 0 Å². The number of nitrogens with zero attached hydrogens (tertiary/aromatic N) is 2. The summed E-state index contributed by atoms with van der Waals surface area (Å²) < 4.78 is 11.4. The zero-order chi connectivity index (χ0) is 21.5. The Hall–Kier alpha value is -3.61. The molecule has 0 radical (unpaired) electrons. The Balaban J connectivity index is 1.60. The van der Waals surface area contributed by atoms with Gasteiger partial charge in [0.05, 0.1) is 6.61 Å². The molecule has 0 unspecified atom stereocenters. The Morgan fingerprint density at radius 3 is 2.63 bits per heavy atom. The molecule has 2 amide bonds. The molecule has 0 fully saturated rings. The van der Waals surface area contributed by atoms with E-state index in [0.29, 0.717) is 24.7 Å². The SMILES string of the molecule is CCOc1ncc(C)cc1NC(=O)NCc1ccc(Oc2ccnc(C)c2)c(C)c1. The summed E-state index contributed by atoms with van der Waals surface area (Å²) in [5.41, 5.74) is 4.32. The van der Waals surface area contributed by atoms with Crippen LogP contribution in [0.15, 0.2) is 48.8 Å². The molecule has 7 nitrogen and oxygen atoms in total. The number of nitrogens with one attached hydrogen (secondary N) is 2. The number of carbonyl (C=O) groups excluding carboxylic acids is 1. The van der Waals surface area contributed by atoms with E-state index in [4.69, 9.17) is 9.47 Å². The predicted octanol–water partition coefficient (Wildman–Crippen LogP) is 4.91. The summed E-state index contributed by atoms with van der Waals surface area (Å²) in [6.45, 7) is 8.52. The highest BCUT2D eigenvalue weighted by molar-refractivity contribution is 5.90. The van der Waals surface area contributed by atoms with Crippen LogP contribution in [0.2, 0.25) is 0 Å². The molecule has 2 aromatic heterocycles. The lowest BCUT2D eigenvalue weighted by atomic mass is 10.1. The Bertz CT molecular complexity index is 1040. The number of pyridine rings is 2. The second kappa shape index (κ2) is 9.73. The molecule has 7 heteroatoms. The molecule has 0 saturated carbocycles. The summed E-state index contributed by atoms with van der Waals surface area (Å²) in [6, 6.07) is 11.0. The van der Waals surface area contributed by atoms with Gasteiger partial charge in [0.2, 0.25) is 5.88 Å². The zero-order valence-electron chi connectivity index (χ0n) is 17.7. The lowest BCUT2D eigenvalue weighted by Gasteiger charge is -2.13. The van der Waals surface area contributed by atoms with Crippen LogP contribution in [0, 0.1) is 20.8 Å². The third-order valence-electron chi connectivity index (χ3n) is 4.31. The second-order valence-electron chi connectivity index (χ2n) is 6.94. The highest BCUT2D eigenvalue weighted by Gasteiger charge is 2.10. The van der Waals surface area contributed by atoms with E-state index < -0.39 is 0 Å². The molecule has 2 N–H and O–H groups in total. The molecule has 30 heavy (non-hydrogen) atoms. The summed E-state index contributed by atoms with van der Waals surface area (Å²) in [4.78, 5) is 20.7. The Labute approximate surface area is 176 Å². The van der Waals surface area contributed by atoms with E-state index in [1.54, 1.807) is 12.4 Å². The fourth-order valence-electron chi connectivity index (χ4n) is 2.89. The Kier molecular flexibility index (Phi) is 6.85. The number of urea groups is 1. The van der Waals surface area contributed by atoms with Crippen LogP contribution in [0.3, 0.4) is 0 Å². The van der Waals surface area contributed by atoms with Crippen molar-refractivity contribution in [2.24, 2.45) is 0 Å². The van der Waals surface area contributed by atoms with Gasteiger partial charge in [0.1, 0.15) is 17.2 Å². The monoisotopic (exact) mass is 406 g/mol. The molecule has 2 heterocycles. The van der Waals surface area contributed by atoms with E-state index in [2.05, 4.69) is 20.6 Å². The number of hydrogen-bond acceptors (Lipinski definition) is 5. The van der Waals surface area contributed by atoms with Crippen molar-refractivity contribution >= 4 is 11.7 Å². The minimum absolute atomic E-state index is 0.325. The van der Waals surface area contributed by atoms with Gasteiger partial charge in [0.15, 0.2) is 0 Å². The predicted molar refractivity (Wildman–Crippen MR) is 116 cm³/mol. The van der Waals surface area contributed by atoms with E-state index in [0.717, 1.165) is 33.9 Å². The van der Waals surface area contributed by atoms with Gasteiger partial charge in [-0.2, -0.15) is 0 Å². The van der Waals surface area contributed by atoms with Gasteiger partial charge in [0, 0.05) is 30.7 Å². The number of aromatic nitrogens is 2. The number of benzene rings is 1. The fourth-order valence-corrected chi connectivity index (χ4v) is 2.89. The van der Waals surface area contributed by atoms with Crippen molar-refractivity contribution < 1.29 is 14.3 Å². The van der Waals surface area contributed by atoms with E-state index in [1.165, 1.54) is 0 Å². The van der Waals surface area contributed by atoms with Crippen molar-refractivity contribution in [3.8, 4) is 17.4 Å². The first-order valence-electron chi connectivity index (χ1n) is 9.79. The van der Waals surface area contributed by atoms with Crippen molar-refractivity contribution in [1.29, 1.82) is 0 Å². The molecule has 0 saturated heterocycles. The quantitative estimate of drug-likeness (QED) is 0.582. The lowest BCUT2D eigenvalue weighted by molar-refractivity contribution is 0.251. The highest BCUT2D eigenvalue weighted by atomic mass is 16.5. The molecule has 0 spiro atoms. The van der Waals surface area contributed by atoms with Gasteiger partial charge < -0.3 is 20.1 Å². The number of amides is 2. The van der Waals surface area contributed by atoms with E-state index in [1.807, 2.05) is 64.1 Å². The normalized spacial score (nSPS) is 10.4. The first-order chi connectivity index (χ1) is 14.4. The fraction of sp³-hybridized carbons (Fsp3) is 0.261. The van der Waals surface area contributed by atoms with Gasteiger partial charge >= 0.3 is 6.03 Å². The number of rotatable bonds is 7. The molecular formula is C23H26N4O3. The molecule has 0 atom stereocenters. The van der Waals surface area contributed by atoms with Crippen molar-refractivity contribution in [2.75, 3.05) is 11.9 Å². The van der Waals surface area contributed by atoms with Crippen LogP contribution in [-0.2, 0) is 6.54 Å². The maximum absolute atomic E-state index is 12.3. The topological polar surface area (TPSA) is 85.4 Å². The molecule has 0 aliphatic rings. The number of ether oxygens (including phenoxy) is 2. The van der Waals surface area contributed by atoms with Crippen LogP contribution in [0.1, 0.15) is 29.3 Å². The van der Waals surface area contributed by atoms with Crippen molar-refractivity contribution in [3.05, 3.63) is 71.2 Å². The van der Waals surface area contributed by atoms with Crippen LogP contribution in [0.25, 0.3) is 0 Å². The third kappa shape index (κ3) is 5.70. The molecule has 1 aromatic carbocycles. The molecule has 3 rings (SSSR count). The van der Waals surface area contributed by atoms with Crippen LogP contribution >= 0.6 is 0 Å². The summed E-state index contributed by atoms with van der Waals surface area (Å²) in [5, 5.41) is 5.66. The van der Waals surface area contributed by atoms with Crippen LogP contribution in [0.4, 0.5) is 10.5 Å². The molecule has 3 aromatic rings. The van der Waals surface area contributed by atoms with Gasteiger partial charge in [-0.05, 0) is 62.6 Å². The van der Waals surface area contributed by atoms with Gasteiger partial charge in [-0.3, -0.25) is 4.98 Å². The molecular weight excluding hydrogens is 380 g/mol. The smallest absolute Gasteiger partial charge is 0.319 e. The van der Waals surface area contributed by atoms with E-state index in [-0.39, 0.29) is 6.03 Å². The van der Waals surface area contributed by atoms with E-state index in [9.17, 15) is 4.79 Å². The maximum Gasteiger partial charge on any atom is 0.319 e. The molecule has 0 aliphatic heterocycles. The minimum Gasteiger partial charge on any atom is -0.476 e. The number of carbonyl (C=O) groups is 1. The summed E-state index contributed by atoms with van der Waals surface area (Å²) in [7, 11) is 0. The average Bonchev–Trinajstić information content (AvgIpc) is 2.70. The molecule has 0 bridgehead atoms. The Morgan fingerprint density at radius 2 is 1.90 bits per heavy atom. The average molecular weight is 406 g/mol. The van der Waals surface area contributed by atoms with Gasteiger partial charge in [-0.1, -0.05) is 12.1 Å². The first-order valence-corrected chi connectivity index (χ1v) is 9.79. The lowest BCUT2D eigenvalue weighted by Crippen LogP contribution is -2.28.